The molecule has 3 aliphatic carbocycles. The van der Waals surface area contributed by atoms with Gasteiger partial charge in [0.15, 0.2) is 23.0 Å². The third kappa shape index (κ3) is 3.72. The Labute approximate surface area is 259 Å². The summed E-state index contributed by atoms with van der Waals surface area (Å²) >= 11 is 0. The van der Waals surface area contributed by atoms with E-state index in [-0.39, 0.29) is 10.8 Å². The van der Waals surface area contributed by atoms with Crippen LogP contribution in [0.4, 0.5) is 0 Å². The summed E-state index contributed by atoms with van der Waals surface area (Å²) in [5.41, 5.74) is 10.8. The van der Waals surface area contributed by atoms with Gasteiger partial charge in [-0.2, -0.15) is 0 Å². The molecule has 0 spiro atoms. The van der Waals surface area contributed by atoms with Crippen molar-refractivity contribution >= 4 is 22.1 Å². The van der Waals surface area contributed by atoms with Crippen LogP contribution in [-0.2, 0) is 10.8 Å². The van der Waals surface area contributed by atoms with Gasteiger partial charge in [0.1, 0.15) is 0 Å². The number of aromatic nitrogens is 2. The van der Waals surface area contributed by atoms with E-state index in [0.29, 0.717) is 11.5 Å². The Bertz CT molecular complexity index is 1780. The summed E-state index contributed by atoms with van der Waals surface area (Å²) in [6, 6.07) is 22.2. The highest BCUT2D eigenvalue weighted by Crippen LogP contribution is 2.66. The quantitative estimate of drug-likeness (QED) is 0.153. The van der Waals surface area contributed by atoms with Crippen LogP contribution in [-0.4, -0.2) is 38.4 Å². The van der Waals surface area contributed by atoms with Gasteiger partial charge in [0.25, 0.3) is 0 Å². The summed E-state index contributed by atoms with van der Waals surface area (Å²) in [4.78, 5) is 10.4. The van der Waals surface area contributed by atoms with Crippen LogP contribution in [0.25, 0.3) is 22.1 Å². The van der Waals surface area contributed by atoms with E-state index < -0.39 is 0 Å². The normalized spacial score (nSPS) is 19.4. The van der Waals surface area contributed by atoms with E-state index in [1.807, 2.05) is 12.1 Å². The molecule has 0 saturated carbocycles. The second-order valence-electron chi connectivity index (χ2n) is 12.1. The molecule has 3 aliphatic rings. The Kier molecular flexibility index (Phi) is 6.91. The second-order valence-corrected chi connectivity index (χ2v) is 12.1. The zero-order valence-corrected chi connectivity index (χ0v) is 26.5. The van der Waals surface area contributed by atoms with Crippen molar-refractivity contribution in [1.82, 2.24) is 9.97 Å². The number of benzene rings is 4. The molecule has 8 rings (SSSR count). The first-order chi connectivity index (χ1) is 21.5. The largest absolute Gasteiger partial charge is 0.493 e. The fourth-order valence-electron chi connectivity index (χ4n) is 8.13. The lowest BCUT2D eigenvalue weighted by Gasteiger charge is -2.57. The molecule has 0 fully saturated rings. The molecule has 1 aromatic heterocycles. The number of nitrogens with zero attached hydrogens (tertiary/aromatic N) is 2. The topological polar surface area (TPSA) is 62.7 Å². The summed E-state index contributed by atoms with van der Waals surface area (Å²) in [5, 5.41) is 0. The van der Waals surface area contributed by atoms with Crippen molar-refractivity contribution in [3.05, 3.63) is 94.0 Å². The van der Waals surface area contributed by atoms with E-state index >= 15 is 0 Å². The number of ether oxygens (including phenoxy) is 4. The van der Waals surface area contributed by atoms with Crippen molar-refractivity contribution in [1.29, 1.82) is 0 Å². The predicted octanol–water partition coefficient (Wildman–Crippen LogP) is 8.49. The average molecular weight is 589 g/mol. The van der Waals surface area contributed by atoms with Crippen molar-refractivity contribution in [2.45, 2.75) is 63.2 Å². The Morgan fingerprint density at radius 3 is 1.18 bits per heavy atom. The maximum Gasteiger partial charge on any atom is 0.163 e. The van der Waals surface area contributed by atoms with Gasteiger partial charge in [0.2, 0.25) is 0 Å². The Morgan fingerprint density at radius 2 is 0.818 bits per heavy atom. The number of rotatable bonds is 10. The van der Waals surface area contributed by atoms with Crippen LogP contribution in [0.3, 0.4) is 0 Å². The molecule has 4 aromatic carbocycles. The van der Waals surface area contributed by atoms with Crippen LogP contribution in [0, 0.1) is 0 Å². The monoisotopic (exact) mass is 588 g/mol. The molecule has 0 N–H and O–H groups in total. The smallest absolute Gasteiger partial charge is 0.163 e. The van der Waals surface area contributed by atoms with Gasteiger partial charge in [-0.1, -0.05) is 63.8 Å². The first-order valence-electron chi connectivity index (χ1n) is 15.8. The number of fused-ring (bicyclic) bond motifs is 2. The maximum atomic E-state index is 5.94. The van der Waals surface area contributed by atoms with Gasteiger partial charge < -0.3 is 18.9 Å². The van der Waals surface area contributed by atoms with Gasteiger partial charge in [-0.25, -0.2) is 9.97 Å². The maximum absolute atomic E-state index is 5.94. The lowest BCUT2D eigenvalue weighted by Crippen LogP contribution is -2.51. The molecule has 0 aliphatic heterocycles. The van der Waals surface area contributed by atoms with E-state index in [9.17, 15) is 0 Å². The third-order valence-electron chi connectivity index (χ3n) is 10.1. The molecule has 6 heteroatoms. The molecule has 1 heterocycles. The highest BCUT2D eigenvalue weighted by atomic mass is 16.5. The summed E-state index contributed by atoms with van der Waals surface area (Å²) < 4.78 is 23.1. The lowest BCUT2D eigenvalue weighted by atomic mass is 9.45. The fourth-order valence-corrected chi connectivity index (χ4v) is 8.13. The summed E-state index contributed by atoms with van der Waals surface area (Å²) in [5.74, 6) is 2.83. The summed E-state index contributed by atoms with van der Waals surface area (Å²) in [6.45, 7) is 4.55. The number of methoxy groups -OCH3 is 4. The summed E-state index contributed by atoms with van der Waals surface area (Å²) in [7, 11) is 6.76. The van der Waals surface area contributed by atoms with Crippen LogP contribution in [0.1, 0.15) is 85.8 Å². The van der Waals surface area contributed by atoms with Gasteiger partial charge in [0.05, 0.1) is 50.5 Å². The predicted molar refractivity (Wildman–Crippen MR) is 175 cm³/mol. The first kappa shape index (κ1) is 28.5. The van der Waals surface area contributed by atoms with Crippen LogP contribution in [0.2, 0.25) is 0 Å². The molecule has 0 radical (unpaired) electrons. The lowest BCUT2D eigenvalue weighted by molar-refractivity contribution is 0.346. The van der Waals surface area contributed by atoms with E-state index in [1.165, 1.54) is 33.4 Å². The van der Waals surface area contributed by atoms with Crippen molar-refractivity contribution in [2.75, 3.05) is 28.4 Å². The SMILES string of the molecule is CCCCC12c3ccccc3C(CCCC)(c3cc(OC)c(OC)cc31)c1cc3nc4cc(OC)c(OC)cc4nc3cc12. The summed E-state index contributed by atoms with van der Waals surface area (Å²) in [6.07, 6.45) is 6.34. The van der Waals surface area contributed by atoms with Gasteiger partial charge in [-0.15, -0.1) is 0 Å². The molecule has 2 atom stereocenters. The molecule has 226 valence electrons. The van der Waals surface area contributed by atoms with Gasteiger partial charge >= 0.3 is 0 Å². The fraction of sp³-hybridized carbons (Fsp3) is 0.368. The van der Waals surface area contributed by atoms with Gasteiger partial charge in [-0.05, 0) is 70.5 Å². The zero-order chi connectivity index (χ0) is 30.6. The van der Waals surface area contributed by atoms with E-state index in [1.54, 1.807) is 28.4 Å². The molecule has 44 heavy (non-hydrogen) atoms. The van der Waals surface area contributed by atoms with Gasteiger partial charge in [-0.3, -0.25) is 0 Å². The molecule has 0 amide bonds. The standard InChI is InChI=1S/C38H40N2O4/c1-7-9-15-37-23-13-11-12-14-24(23)38(16-10-8-2,28-20-34(42-4)33(41-3)19-27(28)37)26-18-30-29(17-25(26)37)39-31-21-35(43-5)36(44-6)22-32(31)40-30/h11-14,17-22H,7-10,15-16H2,1-6H3. The van der Waals surface area contributed by atoms with Crippen LogP contribution in [0.5, 0.6) is 23.0 Å². The molecule has 2 unspecified atom stereocenters. The minimum Gasteiger partial charge on any atom is -0.493 e. The Hall–Kier alpha value is -4.32. The highest BCUT2D eigenvalue weighted by molar-refractivity contribution is 5.91. The molecule has 0 saturated heterocycles. The second kappa shape index (κ2) is 10.7. The third-order valence-corrected chi connectivity index (χ3v) is 10.1. The Morgan fingerprint density at radius 1 is 0.477 bits per heavy atom. The zero-order valence-electron chi connectivity index (χ0n) is 26.5. The molecule has 6 nitrogen and oxygen atoms in total. The van der Waals surface area contributed by atoms with E-state index in [2.05, 4.69) is 62.4 Å². The van der Waals surface area contributed by atoms with Crippen LogP contribution in [0.15, 0.2) is 60.7 Å². The van der Waals surface area contributed by atoms with E-state index in [4.69, 9.17) is 28.9 Å². The van der Waals surface area contributed by atoms with Crippen molar-refractivity contribution in [2.24, 2.45) is 0 Å². The average Bonchev–Trinajstić information content (AvgIpc) is 3.07. The van der Waals surface area contributed by atoms with Crippen molar-refractivity contribution in [3.8, 4) is 23.0 Å². The number of hydrogen-bond donors (Lipinski definition) is 0. The Balaban J connectivity index is 1.63. The van der Waals surface area contributed by atoms with Crippen LogP contribution >= 0.6 is 0 Å². The van der Waals surface area contributed by atoms with Crippen molar-refractivity contribution in [3.63, 3.8) is 0 Å². The first-order valence-corrected chi connectivity index (χ1v) is 15.8. The molecular weight excluding hydrogens is 548 g/mol. The number of hydrogen-bond acceptors (Lipinski definition) is 6. The molecule has 2 bridgehead atoms. The van der Waals surface area contributed by atoms with Crippen LogP contribution < -0.4 is 18.9 Å². The van der Waals surface area contributed by atoms with Gasteiger partial charge in [0, 0.05) is 23.0 Å². The van der Waals surface area contributed by atoms with E-state index in [0.717, 1.165) is 72.1 Å². The highest BCUT2D eigenvalue weighted by Gasteiger charge is 2.58. The number of unbranched alkanes of at least 4 members (excludes halogenated alkanes) is 2. The molecular formula is C38H40N2O4. The minimum atomic E-state index is -0.354. The van der Waals surface area contributed by atoms with Crippen molar-refractivity contribution < 1.29 is 18.9 Å². The minimum absolute atomic E-state index is 0.354. The molecule has 5 aromatic rings.